The van der Waals surface area contributed by atoms with E-state index >= 15 is 0 Å². The quantitative estimate of drug-likeness (QED) is 0.312. The van der Waals surface area contributed by atoms with E-state index in [-0.39, 0.29) is 17.6 Å². The number of hydrogen-bond acceptors (Lipinski definition) is 8. The molecule has 0 radical (unpaired) electrons. The molecule has 2 aromatic rings. The summed E-state index contributed by atoms with van der Waals surface area (Å²) >= 11 is 1.15. The summed E-state index contributed by atoms with van der Waals surface area (Å²) in [5.74, 6) is -0.722. The molecule has 1 saturated heterocycles. The number of nitrogens with one attached hydrogen (secondary N) is 5. The fourth-order valence-corrected chi connectivity index (χ4v) is 3.95. The van der Waals surface area contributed by atoms with Crippen molar-refractivity contribution in [3.8, 4) is 5.75 Å². The number of rotatable bonds is 8. The summed E-state index contributed by atoms with van der Waals surface area (Å²) in [6, 6.07) is 12.1. The topological polar surface area (TPSA) is 164 Å². The van der Waals surface area contributed by atoms with Crippen molar-refractivity contribution in [1.29, 1.82) is 0 Å². The number of methoxy groups -OCH3 is 1. The standard InChI is InChI=1S/C22H26N6O5S/c1-12(29)24-14-5-7-15(8-6-14)25-17(30)11-34-22-27-19(23)18(21(32)28-22)26-20(31)13-3-9-16(33-2)10-4-13/h3-10,18-19,22,27H,11,23H2,1-2H3,(H,24,29)(H,25,30)(H,26,31)(H,28,32). The molecule has 7 N–H and O–H groups in total. The lowest BCUT2D eigenvalue weighted by Crippen LogP contribution is -2.70. The fraction of sp³-hybridized carbons (Fsp3) is 0.273. The van der Waals surface area contributed by atoms with Gasteiger partial charge in [-0.2, -0.15) is 0 Å². The molecule has 0 aliphatic carbocycles. The lowest BCUT2D eigenvalue weighted by atomic mass is 10.1. The molecule has 11 nitrogen and oxygen atoms in total. The minimum absolute atomic E-state index is 0.0426. The van der Waals surface area contributed by atoms with E-state index < -0.39 is 29.5 Å². The van der Waals surface area contributed by atoms with Gasteiger partial charge in [0.2, 0.25) is 17.7 Å². The number of carbonyl (C=O) groups excluding carboxylic acids is 4. The Morgan fingerprint density at radius 3 is 2.21 bits per heavy atom. The molecule has 0 saturated carbocycles. The zero-order chi connectivity index (χ0) is 24.7. The Balaban J connectivity index is 1.46. The summed E-state index contributed by atoms with van der Waals surface area (Å²) in [6.07, 6.45) is -0.849. The lowest BCUT2D eigenvalue weighted by Gasteiger charge is -2.35. The molecule has 1 aliphatic rings. The van der Waals surface area contributed by atoms with Crippen LogP contribution in [0.15, 0.2) is 48.5 Å². The van der Waals surface area contributed by atoms with Gasteiger partial charge in [-0.15, -0.1) is 11.8 Å². The Bertz CT molecular complexity index is 1050. The second kappa shape index (κ2) is 11.5. The molecule has 0 aromatic heterocycles. The van der Waals surface area contributed by atoms with E-state index in [1.807, 2.05) is 0 Å². The zero-order valence-corrected chi connectivity index (χ0v) is 19.4. The third-order valence-corrected chi connectivity index (χ3v) is 5.78. The van der Waals surface area contributed by atoms with E-state index in [9.17, 15) is 19.2 Å². The van der Waals surface area contributed by atoms with Gasteiger partial charge >= 0.3 is 0 Å². The number of ether oxygens (including phenoxy) is 1. The number of carbonyl (C=O) groups is 4. The monoisotopic (exact) mass is 486 g/mol. The molecule has 4 amide bonds. The Kier molecular flexibility index (Phi) is 8.46. The highest BCUT2D eigenvalue weighted by atomic mass is 32.2. The average Bonchev–Trinajstić information content (AvgIpc) is 2.81. The van der Waals surface area contributed by atoms with Crippen LogP contribution in [0.25, 0.3) is 0 Å². The first-order valence-corrected chi connectivity index (χ1v) is 11.4. The smallest absolute Gasteiger partial charge is 0.252 e. The molecule has 3 rings (SSSR count). The minimum atomic E-state index is -0.984. The van der Waals surface area contributed by atoms with Crippen molar-refractivity contribution in [2.75, 3.05) is 23.5 Å². The van der Waals surface area contributed by atoms with Gasteiger partial charge < -0.3 is 31.7 Å². The normalized spacial score (nSPS) is 19.5. The number of anilines is 2. The summed E-state index contributed by atoms with van der Waals surface area (Å²) in [7, 11) is 1.52. The third kappa shape index (κ3) is 6.94. The van der Waals surface area contributed by atoms with E-state index in [2.05, 4.69) is 26.6 Å². The fourth-order valence-electron chi connectivity index (χ4n) is 3.10. The van der Waals surface area contributed by atoms with E-state index in [1.165, 1.54) is 14.0 Å². The van der Waals surface area contributed by atoms with Crippen LogP contribution in [0.5, 0.6) is 5.75 Å². The third-order valence-electron chi connectivity index (χ3n) is 4.77. The molecular formula is C22H26N6O5S. The maximum atomic E-state index is 12.5. The number of hydrogen-bond donors (Lipinski definition) is 6. The zero-order valence-electron chi connectivity index (χ0n) is 18.6. The van der Waals surface area contributed by atoms with E-state index in [4.69, 9.17) is 10.5 Å². The second-order valence-corrected chi connectivity index (χ2v) is 8.47. The van der Waals surface area contributed by atoms with Crippen LogP contribution in [0.4, 0.5) is 11.4 Å². The van der Waals surface area contributed by atoms with Gasteiger partial charge in [0.15, 0.2) is 0 Å². The van der Waals surface area contributed by atoms with Gasteiger partial charge in [0.05, 0.1) is 19.0 Å². The number of thioether (sulfide) groups is 1. The molecule has 3 unspecified atom stereocenters. The summed E-state index contributed by atoms with van der Waals surface area (Å²) < 4.78 is 5.06. The van der Waals surface area contributed by atoms with Crippen molar-refractivity contribution in [1.82, 2.24) is 16.0 Å². The van der Waals surface area contributed by atoms with Gasteiger partial charge in [-0.05, 0) is 48.5 Å². The van der Waals surface area contributed by atoms with Crippen molar-refractivity contribution in [3.63, 3.8) is 0 Å². The summed E-state index contributed by atoms with van der Waals surface area (Å²) in [6.45, 7) is 1.41. The van der Waals surface area contributed by atoms with Crippen LogP contribution in [0, 0.1) is 0 Å². The summed E-state index contributed by atoms with van der Waals surface area (Å²) in [5, 5.41) is 13.7. The van der Waals surface area contributed by atoms with Gasteiger partial charge in [-0.3, -0.25) is 24.5 Å². The molecule has 1 heterocycles. The van der Waals surface area contributed by atoms with E-state index in [0.29, 0.717) is 22.7 Å². The highest BCUT2D eigenvalue weighted by Crippen LogP contribution is 2.16. The predicted octanol–water partition coefficient (Wildman–Crippen LogP) is 0.412. The Morgan fingerprint density at radius 1 is 1.03 bits per heavy atom. The number of benzene rings is 2. The molecule has 34 heavy (non-hydrogen) atoms. The van der Waals surface area contributed by atoms with Crippen LogP contribution in [-0.2, 0) is 14.4 Å². The van der Waals surface area contributed by atoms with Crippen LogP contribution in [0.2, 0.25) is 0 Å². The van der Waals surface area contributed by atoms with Gasteiger partial charge in [-0.25, -0.2) is 0 Å². The van der Waals surface area contributed by atoms with Crippen molar-refractivity contribution in [3.05, 3.63) is 54.1 Å². The van der Waals surface area contributed by atoms with Crippen molar-refractivity contribution in [2.45, 2.75) is 24.6 Å². The van der Waals surface area contributed by atoms with Crippen molar-refractivity contribution < 1.29 is 23.9 Å². The molecule has 3 atom stereocenters. The van der Waals surface area contributed by atoms with Gasteiger partial charge in [0.1, 0.15) is 17.3 Å². The van der Waals surface area contributed by atoms with Gasteiger partial charge in [-0.1, -0.05) is 0 Å². The van der Waals surface area contributed by atoms with Gasteiger partial charge in [0, 0.05) is 23.9 Å². The summed E-state index contributed by atoms with van der Waals surface area (Å²) in [5.41, 5.74) is 7.00. The van der Waals surface area contributed by atoms with Gasteiger partial charge in [0.25, 0.3) is 5.91 Å². The highest BCUT2D eigenvalue weighted by molar-refractivity contribution is 8.00. The minimum Gasteiger partial charge on any atom is -0.497 e. The largest absolute Gasteiger partial charge is 0.497 e. The maximum Gasteiger partial charge on any atom is 0.252 e. The Morgan fingerprint density at radius 2 is 1.65 bits per heavy atom. The van der Waals surface area contributed by atoms with Crippen molar-refractivity contribution >= 4 is 46.8 Å². The van der Waals surface area contributed by atoms with Crippen LogP contribution < -0.4 is 37.1 Å². The maximum absolute atomic E-state index is 12.5. The molecule has 0 bridgehead atoms. The first kappa shape index (κ1) is 25.0. The first-order chi connectivity index (χ1) is 16.2. The number of nitrogens with two attached hydrogens (primary N) is 1. The molecule has 180 valence electrons. The van der Waals surface area contributed by atoms with Crippen LogP contribution in [0.3, 0.4) is 0 Å². The Labute approximate surface area is 200 Å². The molecule has 1 fully saturated rings. The molecule has 2 aromatic carbocycles. The van der Waals surface area contributed by atoms with E-state index in [1.54, 1.807) is 48.5 Å². The summed E-state index contributed by atoms with van der Waals surface area (Å²) in [4.78, 5) is 48.3. The first-order valence-electron chi connectivity index (χ1n) is 10.3. The van der Waals surface area contributed by atoms with Crippen LogP contribution >= 0.6 is 11.8 Å². The van der Waals surface area contributed by atoms with Crippen LogP contribution in [-0.4, -0.2) is 54.2 Å². The lowest BCUT2D eigenvalue weighted by molar-refractivity contribution is -0.125. The second-order valence-electron chi connectivity index (χ2n) is 7.38. The average molecular weight is 487 g/mol. The Hall–Kier alpha value is -3.61. The van der Waals surface area contributed by atoms with Crippen molar-refractivity contribution in [2.24, 2.45) is 5.73 Å². The predicted molar refractivity (Wildman–Crippen MR) is 129 cm³/mol. The number of amides is 4. The molecule has 1 aliphatic heterocycles. The molecule has 0 spiro atoms. The highest BCUT2D eigenvalue weighted by Gasteiger charge is 2.35. The van der Waals surface area contributed by atoms with E-state index in [0.717, 1.165) is 11.8 Å². The SMILES string of the molecule is COc1ccc(C(=O)NC2C(=O)NC(SCC(=O)Nc3ccc(NC(C)=O)cc3)NC2N)cc1. The molecule has 12 heteroatoms. The molecular weight excluding hydrogens is 460 g/mol. The van der Waals surface area contributed by atoms with Crippen LogP contribution in [0.1, 0.15) is 17.3 Å².